The molecule has 0 radical (unpaired) electrons. The first-order valence-electron chi connectivity index (χ1n) is 10.3. The number of carbonyl (C=O) groups excluding carboxylic acids is 1. The molecule has 0 unspecified atom stereocenters. The predicted molar refractivity (Wildman–Crippen MR) is 127 cm³/mol. The van der Waals surface area contributed by atoms with Crippen molar-refractivity contribution < 1.29 is 9.53 Å². The number of benzene rings is 2. The summed E-state index contributed by atoms with van der Waals surface area (Å²) in [4.78, 5) is 25.5. The van der Waals surface area contributed by atoms with E-state index in [1.165, 1.54) is 16.3 Å². The van der Waals surface area contributed by atoms with Crippen LogP contribution in [0.3, 0.4) is 0 Å². The molecule has 4 aromatic rings. The van der Waals surface area contributed by atoms with Crippen molar-refractivity contribution in [2.45, 2.75) is 25.0 Å². The van der Waals surface area contributed by atoms with E-state index in [9.17, 15) is 9.59 Å². The lowest BCUT2D eigenvalue weighted by Gasteiger charge is -2.12. The van der Waals surface area contributed by atoms with Gasteiger partial charge in [-0.25, -0.2) is 0 Å². The van der Waals surface area contributed by atoms with Crippen molar-refractivity contribution in [1.82, 2.24) is 19.2 Å². The molecule has 0 aliphatic rings. The summed E-state index contributed by atoms with van der Waals surface area (Å²) in [5.74, 6) is 0.982. The number of nitrogens with one attached hydrogen (secondary N) is 1. The fourth-order valence-electron chi connectivity index (χ4n) is 3.34. The maximum atomic E-state index is 12.9. The number of carbonyl (C=O) groups is 1. The number of ether oxygens (including phenoxy) is 1. The molecule has 0 aliphatic carbocycles. The third kappa shape index (κ3) is 4.24. The lowest BCUT2D eigenvalue weighted by atomic mass is 10.2. The molecular formula is C23H23N5O3S. The SMILES string of the molecule is C=CCn1c(=O)c2ccccc2n2c(SCC(=O)Nc3ccccc3OCCC)nnc12. The van der Waals surface area contributed by atoms with Crippen molar-refractivity contribution in [2.24, 2.45) is 0 Å². The van der Waals surface area contributed by atoms with Gasteiger partial charge in [0.15, 0.2) is 5.16 Å². The summed E-state index contributed by atoms with van der Waals surface area (Å²) < 4.78 is 9.03. The lowest BCUT2D eigenvalue weighted by Crippen LogP contribution is -2.22. The largest absolute Gasteiger partial charge is 0.491 e. The zero-order valence-electron chi connectivity index (χ0n) is 17.7. The number of hydrogen-bond donors (Lipinski definition) is 1. The van der Waals surface area contributed by atoms with Crippen LogP contribution in [0.1, 0.15) is 13.3 Å². The molecule has 32 heavy (non-hydrogen) atoms. The summed E-state index contributed by atoms with van der Waals surface area (Å²) in [7, 11) is 0. The van der Waals surface area contributed by atoms with Crippen molar-refractivity contribution in [3.63, 3.8) is 0 Å². The van der Waals surface area contributed by atoms with Gasteiger partial charge in [0.1, 0.15) is 5.75 Å². The molecule has 2 aromatic heterocycles. The van der Waals surface area contributed by atoms with Gasteiger partial charge >= 0.3 is 0 Å². The van der Waals surface area contributed by atoms with Gasteiger partial charge < -0.3 is 10.1 Å². The number of para-hydroxylation sites is 3. The summed E-state index contributed by atoms with van der Waals surface area (Å²) in [5.41, 5.74) is 1.17. The maximum Gasteiger partial charge on any atom is 0.263 e. The topological polar surface area (TPSA) is 90.5 Å². The number of aromatic nitrogens is 4. The van der Waals surface area contributed by atoms with Crippen molar-refractivity contribution in [1.29, 1.82) is 0 Å². The smallest absolute Gasteiger partial charge is 0.263 e. The maximum absolute atomic E-state index is 12.9. The van der Waals surface area contributed by atoms with Crippen LogP contribution in [0.4, 0.5) is 5.69 Å². The van der Waals surface area contributed by atoms with Crippen LogP contribution in [-0.4, -0.2) is 37.4 Å². The average Bonchev–Trinajstić information content (AvgIpc) is 3.24. The molecule has 2 heterocycles. The molecule has 0 saturated heterocycles. The van der Waals surface area contributed by atoms with Gasteiger partial charge in [-0.2, -0.15) is 0 Å². The Balaban J connectivity index is 1.60. The highest BCUT2D eigenvalue weighted by Gasteiger charge is 2.17. The molecule has 0 spiro atoms. The van der Waals surface area contributed by atoms with Gasteiger partial charge in [-0.05, 0) is 30.7 Å². The van der Waals surface area contributed by atoms with Gasteiger partial charge in [0.05, 0.1) is 29.0 Å². The lowest BCUT2D eigenvalue weighted by molar-refractivity contribution is -0.113. The Morgan fingerprint density at radius 3 is 2.78 bits per heavy atom. The van der Waals surface area contributed by atoms with E-state index in [1.54, 1.807) is 16.5 Å². The van der Waals surface area contributed by atoms with E-state index in [2.05, 4.69) is 22.1 Å². The monoisotopic (exact) mass is 449 g/mol. The van der Waals surface area contributed by atoms with Crippen LogP contribution in [0, 0.1) is 0 Å². The van der Waals surface area contributed by atoms with E-state index in [0.29, 0.717) is 46.4 Å². The van der Waals surface area contributed by atoms with Crippen molar-refractivity contribution >= 4 is 40.0 Å². The number of rotatable bonds is 9. The highest BCUT2D eigenvalue weighted by atomic mass is 32.2. The molecule has 0 aliphatic heterocycles. The molecule has 1 amide bonds. The second-order valence-corrected chi connectivity index (χ2v) is 7.96. The Kier molecular flexibility index (Phi) is 6.55. The summed E-state index contributed by atoms with van der Waals surface area (Å²) >= 11 is 1.25. The number of amides is 1. The van der Waals surface area contributed by atoms with Crippen LogP contribution in [0.2, 0.25) is 0 Å². The number of nitrogens with zero attached hydrogens (tertiary/aromatic N) is 4. The molecule has 2 aromatic carbocycles. The van der Waals surface area contributed by atoms with Crippen LogP contribution in [-0.2, 0) is 11.3 Å². The zero-order chi connectivity index (χ0) is 22.5. The third-order valence-electron chi connectivity index (χ3n) is 4.75. The molecule has 8 nitrogen and oxygen atoms in total. The van der Waals surface area contributed by atoms with Gasteiger partial charge in [0, 0.05) is 6.54 Å². The Morgan fingerprint density at radius 2 is 1.97 bits per heavy atom. The Hall–Kier alpha value is -3.59. The summed E-state index contributed by atoms with van der Waals surface area (Å²) in [5, 5.41) is 12.4. The van der Waals surface area contributed by atoms with E-state index in [1.807, 2.05) is 49.4 Å². The Labute approximate surface area is 188 Å². The van der Waals surface area contributed by atoms with Crippen molar-refractivity contribution in [3.05, 3.63) is 71.5 Å². The van der Waals surface area contributed by atoms with E-state index < -0.39 is 0 Å². The molecule has 0 fully saturated rings. The van der Waals surface area contributed by atoms with Crippen LogP contribution >= 0.6 is 11.8 Å². The molecule has 0 atom stereocenters. The molecule has 1 N–H and O–H groups in total. The van der Waals surface area contributed by atoms with Crippen LogP contribution < -0.4 is 15.6 Å². The number of anilines is 1. The van der Waals surface area contributed by atoms with E-state index in [0.717, 1.165) is 6.42 Å². The molecule has 164 valence electrons. The van der Waals surface area contributed by atoms with Gasteiger partial charge in [0.2, 0.25) is 11.7 Å². The van der Waals surface area contributed by atoms with Crippen molar-refractivity contribution in [3.8, 4) is 5.75 Å². The minimum Gasteiger partial charge on any atom is -0.491 e. The third-order valence-corrected chi connectivity index (χ3v) is 5.67. The number of fused-ring (bicyclic) bond motifs is 3. The highest BCUT2D eigenvalue weighted by molar-refractivity contribution is 7.99. The quantitative estimate of drug-likeness (QED) is 0.309. The van der Waals surface area contributed by atoms with Gasteiger partial charge in [0.25, 0.3) is 5.56 Å². The van der Waals surface area contributed by atoms with Crippen LogP contribution in [0.5, 0.6) is 5.75 Å². The molecule has 0 saturated carbocycles. The number of hydrogen-bond acceptors (Lipinski definition) is 6. The first-order chi connectivity index (χ1) is 15.6. The minimum absolute atomic E-state index is 0.123. The molecule has 0 bridgehead atoms. The van der Waals surface area contributed by atoms with Crippen molar-refractivity contribution in [2.75, 3.05) is 17.7 Å². The summed E-state index contributed by atoms with van der Waals surface area (Å²) in [6.07, 6.45) is 2.52. The van der Waals surface area contributed by atoms with Gasteiger partial charge in [-0.15, -0.1) is 16.8 Å². The summed E-state index contributed by atoms with van der Waals surface area (Å²) in [6, 6.07) is 14.6. The van der Waals surface area contributed by atoms with Crippen LogP contribution in [0.15, 0.2) is 71.1 Å². The van der Waals surface area contributed by atoms with Gasteiger partial charge in [-0.1, -0.05) is 49.0 Å². The highest BCUT2D eigenvalue weighted by Crippen LogP contribution is 2.25. The zero-order valence-corrected chi connectivity index (χ0v) is 18.5. The molecular weight excluding hydrogens is 426 g/mol. The van der Waals surface area contributed by atoms with Gasteiger partial charge in [-0.3, -0.25) is 18.6 Å². The number of thioether (sulfide) groups is 1. The number of allylic oxidation sites excluding steroid dienone is 1. The summed E-state index contributed by atoms with van der Waals surface area (Å²) in [6.45, 7) is 6.64. The van der Waals surface area contributed by atoms with E-state index >= 15 is 0 Å². The van der Waals surface area contributed by atoms with E-state index in [4.69, 9.17) is 4.74 Å². The van der Waals surface area contributed by atoms with Crippen LogP contribution in [0.25, 0.3) is 16.7 Å². The normalized spacial score (nSPS) is 11.0. The first kappa shape index (κ1) is 21.6. The second kappa shape index (κ2) is 9.69. The molecule has 9 heteroatoms. The Bertz CT molecular complexity index is 1340. The predicted octanol–water partition coefficient (Wildman–Crippen LogP) is 3.75. The fraction of sp³-hybridized carbons (Fsp3) is 0.217. The standard InChI is InChI=1S/C23H23N5O3S/c1-3-13-27-21(30)16-9-5-7-11-18(16)28-22(27)25-26-23(28)32-15-20(29)24-17-10-6-8-12-19(17)31-14-4-2/h3,5-12H,1,4,13-15H2,2H3,(H,24,29). The average molecular weight is 450 g/mol. The second-order valence-electron chi connectivity index (χ2n) is 7.02. The first-order valence-corrected chi connectivity index (χ1v) is 11.2. The molecule has 4 rings (SSSR count). The Morgan fingerprint density at radius 1 is 1.19 bits per heavy atom. The fourth-order valence-corrected chi connectivity index (χ4v) is 4.08. The van der Waals surface area contributed by atoms with E-state index in [-0.39, 0.29) is 17.2 Å². The minimum atomic E-state index is -0.192.